The average Bonchev–Trinajstić information content (AvgIpc) is 2.93. The molecule has 0 aliphatic carbocycles. The summed E-state index contributed by atoms with van der Waals surface area (Å²) in [6, 6.07) is 5.27. The Morgan fingerprint density at radius 2 is 1.88 bits per heavy atom. The van der Waals surface area contributed by atoms with Crippen molar-refractivity contribution >= 4 is 23.5 Å². The Balaban J connectivity index is 1.88. The van der Waals surface area contributed by atoms with Gasteiger partial charge in [0.05, 0.1) is 0 Å². The largest absolute Gasteiger partial charge is 0.405 e. The van der Waals surface area contributed by atoms with Crippen LogP contribution in [-0.2, 0) is 11.3 Å². The van der Waals surface area contributed by atoms with Gasteiger partial charge in [-0.25, -0.2) is 4.79 Å². The summed E-state index contributed by atoms with van der Waals surface area (Å²) in [5.41, 5.74) is 0.606. The van der Waals surface area contributed by atoms with Gasteiger partial charge in [0.15, 0.2) is 0 Å². The molecule has 0 bridgehead atoms. The maximum absolute atomic E-state index is 11.9. The summed E-state index contributed by atoms with van der Waals surface area (Å²) < 4.78 is 35.8. The smallest absolute Gasteiger partial charge is 0.329 e. The lowest BCUT2D eigenvalue weighted by molar-refractivity contribution is -0.125. The Labute approximate surface area is 138 Å². The number of hydrogen-bond acceptors (Lipinski definition) is 5. The summed E-state index contributed by atoms with van der Waals surface area (Å²) in [5.74, 6) is -0.671. The van der Waals surface area contributed by atoms with Gasteiger partial charge in [0.25, 0.3) is 5.91 Å². The molecule has 12 heteroatoms. The number of hydrogen-bond donors (Lipinski definition) is 2. The highest BCUT2D eigenvalue weighted by Gasteiger charge is 2.28. The van der Waals surface area contributed by atoms with E-state index in [4.69, 9.17) is 11.6 Å². The standard InChI is InChI=1S/C12H10ClF3N6O2/c13-8-3-1-7(2-4-8)10-19-21-22(20-10)5-9(23)18-11(24)17-6-12(14,15)16/h1-4H,5-6H2,(H2,17,18,23,24). The Bertz CT molecular complexity index is 731. The van der Waals surface area contributed by atoms with E-state index in [2.05, 4.69) is 15.4 Å². The van der Waals surface area contributed by atoms with Crippen LogP contribution in [0.15, 0.2) is 24.3 Å². The first-order valence-corrected chi connectivity index (χ1v) is 6.79. The molecule has 1 aromatic heterocycles. The number of amides is 3. The third-order valence-corrected chi connectivity index (χ3v) is 2.79. The number of rotatable bonds is 4. The van der Waals surface area contributed by atoms with E-state index in [1.807, 2.05) is 0 Å². The van der Waals surface area contributed by atoms with E-state index in [-0.39, 0.29) is 5.82 Å². The molecule has 2 rings (SSSR count). The zero-order valence-corrected chi connectivity index (χ0v) is 12.6. The van der Waals surface area contributed by atoms with E-state index in [1.165, 1.54) is 5.32 Å². The minimum Gasteiger partial charge on any atom is -0.329 e. The Morgan fingerprint density at radius 1 is 1.21 bits per heavy atom. The molecule has 1 heterocycles. The molecule has 0 atom stereocenters. The van der Waals surface area contributed by atoms with Crippen LogP contribution in [0.3, 0.4) is 0 Å². The van der Waals surface area contributed by atoms with Crippen LogP contribution in [-0.4, -0.2) is 44.9 Å². The number of imide groups is 1. The molecule has 0 aliphatic heterocycles. The summed E-state index contributed by atoms with van der Waals surface area (Å²) in [4.78, 5) is 23.6. The van der Waals surface area contributed by atoms with Crippen LogP contribution < -0.4 is 10.6 Å². The number of carbonyl (C=O) groups excluding carboxylic acids is 2. The number of carbonyl (C=O) groups is 2. The second kappa shape index (κ2) is 7.25. The van der Waals surface area contributed by atoms with Gasteiger partial charge in [0.2, 0.25) is 5.82 Å². The molecule has 8 nitrogen and oxygen atoms in total. The second-order valence-electron chi connectivity index (χ2n) is 4.50. The van der Waals surface area contributed by atoms with Gasteiger partial charge in [-0.3, -0.25) is 10.1 Å². The Morgan fingerprint density at radius 3 is 2.50 bits per heavy atom. The molecule has 0 aliphatic rings. The van der Waals surface area contributed by atoms with Crippen molar-refractivity contribution in [2.45, 2.75) is 12.7 Å². The SMILES string of the molecule is O=C(Cn1nnc(-c2ccc(Cl)cc2)n1)NC(=O)NCC(F)(F)F. The fourth-order valence-corrected chi connectivity index (χ4v) is 1.67. The number of nitrogens with zero attached hydrogens (tertiary/aromatic N) is 4. The van der Waals surface area contributed by atoms with Crippen molar-refractivity contribution in [1.82, 2.24) is 30.8 Å². The maximum Gasteiger partial charge on any atom is 0.405 e. The van der Waals surface area contributed by atoms with E-state index >= 15 is 0 Å². The molecule has 24 heavy (non-hydrogen) atoms. The van der Waals surface area contributed by atoms with Crippen molar-refractivity contribution in [1.29, 1.82) is 0 Å². The van der Waals surface area contributed by atoms with E-state index in [0.29, 0.717) is 10.6 Å². The van der Waals surface area contributed by atoms with Crippen molar-refractivity contribution in [2.24, 2.45) is 0 Å². The van der Waals surface area contributed by atoms with Gasteiger partial charge in [-0.05, 0) is 29.5 Å². The van der Waals surface area contributed by atoms with Gasteiger partial charge >= 0.3 is 12.2 Å². The number of nitrogens with one attached hydrogen (secondary N) is 2. The molecule has 0 spiro atoms. The molecule has 3 amide bonds. The Kier molecular flexibility index (Phi) is 5.34. The lowest BCUT2D eigenvalue weighted by Gasteiger charge is -2.08. The average molecular weight is 363 g/mol. The molecule has 0 radical (unpaired) electrons. The molecular weight excluding hydrogens is 353 g/mol. The van der Waals surface area contributed by atoms with Crippen molar-refractivity contribution in [3.63, 3.8) is 0 Å². The van der Waals surface area contributed by atoms with Crippen molar-refractivity contribution < 1.29 is 22.8 Å². The number of halogens is 4. The molecule has 2 aromatic rings. The highest BCUT2D eigenvalue weighted by molar-refractivity contribution is 6.30. The van der Waals surface area contributed by atoms with Crippen LogP contribution in [0.25, 0.3) is 11.4 Å². The molecule has 0 saturated heterocycles. The monoisotopic (exact) mass is 362 g/mol. The number of benzene rings is 1. The molecule has 1 aromatic carbocycles. The number of aromatic nitrogens is 4. The molecule has 128 valence electrons. The van der Waals surface area contributed by atoms with Gasteiger partial charge in [0, 0.05) is 10.6 Å². The van der Waals surface area contributed by atoms with Crippen LogP contribution in [0, 0.1) is 0 Å². The third kappa shape index (κ3) is 5.50. The quantitative estimate of drug-likeness (QED) is 0.855. The van der Waals surface area contributed by atoms with E-state index in [9.17, 15) is 22.8 Å². The van der Waals surface area contributed by atoms with Gasteiger partial charge < -0.3 is 5.32 Å². The molecule has 0 fully saturated rings. The predicted octanol–water partition coefficient (Wildman–Crippen LogP) is 1.38. The molecule has 0 unspecified atom stereocenters. The number of alkyl halides is 3. The fraction of sp³-hybridized carbons (Fsp3) is 0.250. The minimum atomic E-state index is -4.57. The van der Waals surface area contributed by atoms with Crippen LogP contribution in [0.2, 0.25) is 5.02 Å². The van der Waals surface area contributed by atoms with Crippen LogP contribution in [0.5, 0.6) is 0 Å². The fourth-order valence-electron chi connectivity index (χ4n) is 1.54. The summed E-state index contributed by atoms with van der Waals surface area (Å²) in [6.07, 6.45) is -4.57. The minimum absolute atomic E-state index is 0.223. The lowest BCUT2D eigenvalue weighted by Crippen LogP contribution is -2.44. The van der Waals surface area contributed by atoms with Crippen molar-refractivity contribution in [3.8, 4) is 11.4 Å². The summed E-state index contributed by atoms with van der Waals surface area (Å²) in [5, 5.41) is 15.0. The highest BCUT2D eigenvalue weighted by atomic mass is 35.5. The first-order valence-electron chi connectivity index (χ1n) is 6.41. The molecular formula is C12H10ClF3N6O2. The topological polar surface area (TPSA) is 102 Å². The molecule has 0 saturated carbocycles. The predicted molar refractivity (Wildman–Crippen MR) is 75.9 cm³/mol. The summed E-state index contributed by atoms with van der Waals surface area (Å²) >= 11 is 5.75. The Hall–Kier alpha value is -2.69. The first kappa shape index (κ1) is 17.7. The maximum atomic E-state index is 11.9. The van der Waals surface area contributed by atoms with Gasteiger partial charge in [-0.2, -0.15) is 18.0 Å². The van der Waals surface area contributed by atoms with Crippen LogP contribution in [0.4, 0.5) is 18.0 Å². The van der Waals surface area contributed by atoms with Crippen molar-refractivity contribution in [3.05, 3.63) is 29.3 Å². The van der Waals surface area contributed by atoms with Gasteiger partial charge in [-0.1, -0.05) is 11.6 Å². The van der Waals surface area contributed by atoms with Gasteiger partial charge in [-0.15, -0.1) is 10.2 Å². The summed E-state index contributed by atoms with van der Waals surface area (Å²) in [7, 11) is 0. The first-order chi connectivity index (χ1) is 11.2. The lowest BCUT2D eigenvalue weighted by atomic mass is 10.2. The number of tetrazole rings is 1. The number of urea groups is 1. The van der Waals surface area contributed by atoms with E-state index < -0.39 is 31.2 Å². The van der Waals surface area contributed by atoms with Crippen LogP contribution in [0.1, 0.15) is 0 Å². The zero-order chi connectivity index (χ0) is 17.7. The van der Waals surface area contributed by atoms with Gasteiger partial charge in [0.1, 0.15) is 13.1 Å². The third-order valence-electron chi connectivity index (χ3n) is 2.54. The van der Waals surface area contributed by atoms with Crippen LogP contribution >= 0.6 is 11.6 Å². The van der Waals surface area contributed by atoms with Crippen molar-refractivity contribution in [2.75, 3.05) is 6.54 Å². The second-order valence-corrected chi connectivity index (χ2v) is 4.93. The summed E-state index contributed by atoms with van der Waals surface area (Å²) in [6.45, 7) is -2.03. The van der Waals surface area contributed by atoms with E-state index in [0.717, 1.165) is 4.80 Å². The molecule has 2 N–H and O–H groups in total. The highest BCUT2D eigenvalue weighted by Crippen LogP contribution is 2.16. The normalized spacial score (nSPS) is 11.2. The zero-order valence-electron chi connectivity index (χ0n) is 11.8. The van der Waals surface area contributed by atoms with E-state index in [1.54, 1.807) is 29.6 Å².